The van der Waals surface area contributed by atoms with Gasteiger partial charge in [-0.1, -0.05) is 25.4 Å². The van der Waals surface area contributed by atoms with Gasteiger partial charge in [0, 0.05) is 36.0 Å². The van der Waals surface area contributed by atoms with Crippen LogP contribution in [0.15, 0.2) is 10.7 Å². The Balaban J connectivity index is 1.69. The lowest BCUT2D eigenvalue weighted by molar-refractivity contribution is -0.140. The number of nitrogens with zero attached hydrogens (tertiary/aromatic N) is 1. The predicted octanol–water partition coefficient (Wildman–Crippen LogP) is 4.63. The number of likely N-dealkylation sites (tertiary alicyclic amines) is 1. The number of halogens is 1. The summed E-state index contributed by atoms with van der Waals surface area (Å²) in [6.45, 7) is 4.65. The molecule has 6 atom stereocenters. The lowest BCUT2D eigenvalue weighted by Gasteiger charge is -2.59. The SMILES string of the molecule is CN1C(=O)CCC2(C)C1=C(Cl)CC1C2CCC2(C)C(CC(=O)O)CCC12. The standard InChI is InChI=1S/C21H30ClNO3/c1-20-8-6-15-13(14(20)5-4-12(20)10-18(25)26)11-16(22)19-21(15,2)9-7-17(24)23(19)3/h12-15H,4-11H2,1-3H3,(H,25,26). The van der Waals surface area contributed by atoms with Gasteiger partial charge in [0.05, 0.1) is 0 Å². The number of piperidine rings is 1. The summed E-state index contributed by atoms with van der Waals surface area (Å²) < 4.78 is 0. The Morgan fingerprint density at radius 3 is 2.65 bits per heavy atom. The van der Waals surface area contributed by atoms with Gasteiger partial charge in [-0.3, -0.25) is 9.59 Å². The Labute approximate surface area is 161 Å². The number of carboxylic acids is 1. The number of carboxylic acid groups (broad SMARTS) is 1. The van der Waals surface area contributed by atoms with E-state index >= 15 is 0 Å². The fourth-order valence-corrected chi connectivity index (χ4v) is 7.86. The lowest BCUT2D eigenvalue weighted by atomic mass is 9.49. The summed E-state index contributed by atoms with van der Waals surface area (Å²) >= 11 is 6.81. The fourth-order valence-electron chi connectivity index (χ4n) is 7.34. The zero-order valence-electron chi connectivity index (χ0n) is 16.1. The summed E-state index contributed by atoms with van der Waals surface area (Å²) in [5, 5.41) is 10.2. The van der Waals surface area contributed by atoms with E-state index in [2.05, 4.69) is 13.8 Å². The van der Waals surface area contributed by atoms with Crippen molar-refractivity contribution < 1.29 is 14.7 Å². The molecule has 0 radical (unpaired) electrons. The molecule has 26 heavy (non-hydrogen) atoms. The molecule has 1 N–H and O–H groups in total. The van der Waals surface area contributed by atoms with E-state index in [1.165, 1.54) is 0 Å². The van der Waals surface area contributed by atoms with E-state index in [1.54, 1.807) is 0 Å². The van der Waals surface area contributed by atoms with Crippen LogP contribution >= 0.6 is 11.6 Å². The Morgan fingerprint density at radius 1 is 1.23 bits per heavy atom. The number of carbonyl (C=O) groups excluding carboxylic acids is 1. The van der Waals surface area contributed by atoms with Gasteiger partial charge < -0.3 is 10.0 Å². The third-order valence-corrected chi connectivity index (χ3v) is 8.99. The molecule has 0 aromatic rings. The molecule has 1 heterocycles. The topological polar surface area (TPSA) is 57.6 Å². The first kappa shape index (κ1) is 18.3. The van der Waals surface area contributed by atoms with Gasteiger partial charge in [-0.2, -0.15) is 0 Å². The van der Waals surface area contributed by atoms with Crippen LogP contribution in [0, 0.1) is 34.5 Å². The quantitative estimate of drug-likeness (QED) is 0.760. The first-order valence-corrected chi connectivity index (χ1v) is 10.4. The third kappa shape index (κ3) is 2.40. The van der Waals surface area contributed by atoms with E-state index in [9.17, 15) is 14.7 Å². The molecule has 3 aliphatic carbocycles. The van der Waals surface area contributed by atoms with Crippen LogP contribution in [0.2, 0.25) is 0 Å². The summed E-state index contributed by atoms with van der Waals surface area (Å²) in [7, 11) is 1.88. The number of allylic oxidation sites excluding steroid dienone is 2. The van der Waals surface area contributed by atoms with Gasteiger partial charge in [-0.15, -0.1) is 0 Å². The fraction of sp³-hybridized carbons (Fsp3) is 0.810. The van der Waals surface area contributed by atoms with Crippen LogP contribution in [0.1, 0.15) is 65.2 Å². The zero-order chi connectivity index (χ0) is 18.9. The third-order valence-electron chi connectivity index (χ3n) is 8.65. The lowest BCUT2D eigenvalue weighted by Crippen LogP contribution is -2.54. The highest BCUT2D eigenvalue weighted by Gasteiger charge is 2.60. The largest absolute Gasteiger partial charge is 0.481 e. The van der Waals surface area contributed by atoms with E-state index in [-0.39, 0.29) is 16.7 Å². The Kier molecular flexibility index (Phi) is 4.22. The molecule has 1 amide bonds. The summed E-state index contributed by atoms with van der Waals surface area (Å²) in [5.74, 6) is 1.44. The molecule has 5 heteroatoms. The van der Waals surface area contributed by atoms with Gasteiger partial charge in [-0.25, -0.2) is 0 Å². The molecular formula is C21H30ClNO3. The molecular weight excluding hydrogens is 350 g/mol. The van der Waals surface area contributed by atoms with Crippen LogP contribution in [-0.2, 0) is 9.59 Å². The molecule has 144 valence electrons. The van der Waals surface area contributed by atoms with Gasteiger partial charge in [0.2, 0.25) is 5.91 Å². The average molecular weight is 380 g/mol. The summed E-state index contributed by atoms with van der Waals surface area (Å²) in [6.07, 6.45) is 7.04. The maximum atomic E-state index is 12.3. The van der Waals surface area contributed by atoms with Crippen molar-refractivity contribution in [3.8, 4) is 0 Å². The Bertz CT molecular complexity index is 689. The summed E-state index contributed by atoms with van der Waals surface area (Å²) in [6, 6.07) is 0. The van der Waals surface area contributed by atoms with Gasteiger partial charge in [-0.05, 0) is 67.6 Å². The maximum absolute atomic E-state index is 12.3. The van der Waals surface area contributed by atoms with Crippen LogP contribution in [0.5, 0.6) is 0 Å². The minimum absolute atomic E-state index is 0.0190. The molecule has 4 rings (SSSR count). The highest BCUT2D eigenvalue weighted by molar-refractivity contribution is 6.30. The number of hydrogen-bond acceptors (Lipinski definition) is 2. The van der Waals surface area contributed by atoms with Crippen molar-refractivity contribution in [2.24, 2.45) is 34.5 Å². The number of rotatable bonds is 2. The first-order chi connectivity index (χ1) is 12.2. The van der Waals surface area contributed by atoms with Crippen molar-refractivity contribution in [2.75, 3.05) is 7.05 Å². The molecule has 1 saturated heterocycles. The van der Waals surface area contributed by atoms with Crippen LogP contribution in [0.25, 0.3) is 0 Å². The average Bonchev–Trinajstić information content (AvgIpc) is 2.88. The van der Waals surface area contributed by atoms with Crippen molar-refractivity contribution >= 4 is 23.5 Å². The zero-order valence-corrected chi connectivity index (χ0v) is 16.8. The van der Waals surface area contributed by atoms with Crippen LogP contribution in [0.4, 0.5) is 0 Å². The van der Waals surface area contributed by atoms with Crippen LogP contribution in [-0.4, -0.2) is 28.9 Å². The molecule has 1 aliphatic heterocycles. The molecule has 3 fully saturated rings. The van der Waals surface area contributed by atoms with Crippen molar-refractivity contribution in [1.82, 2.24) is 4.90 Å². The van der Waals surface area contributed by atoms with E-state index in [1.807, 2.05) is 11.9 Å². The minimum atomic E-state index is -0.665. The number of fused-ring (bicyclic) bond motifs is 5. The molecule has 0 bridgehead atoms. The highest BCUT2D eigenvalue weighted by Crippen LogP contribution is 2.67. The summed E-state index contributed by atoms with van der Waals surface area (Å²) in [4.78, 5) is 25.4. The van der Waals surface area contributed by atoms with Crippen molar-refractivity contribution in [1.29, 1.82) is 0 Å². The highest BCUT2D eigenvalue weighted by atomic mass is 35.5. The Morgan fingerprint density at radius 2 is 1.96 bits per heavy atom. The predicted molar refractivity (Wildman–Crippen MR) is 100 cm³/mol. The second-order valence-corrected chi connectivity index (χ2v) is 10.1. The second-order valence-electron chi connectivity index (χ2n) is 9.62. The molecule has 0 spiro atoms. The number of carbonyl (C=O) groups is 2. The van der Waals surface area contributed by atoms with Gasteiger partial charge in [0.1, 0.15) is 0 Å². The molecule has 0 aromatic heterocycles. The normalized spacial score (nSPS) is 45.2. The van der Waals surface area contributed by atoms with Crippen molar-refractivity contribution in [2.45, 2.75) is 65.2 Å². The molecule has 4 aliphatic rings. The molecule has 6 unspecified atom stereocenters. The van der Waals surface area contributed by atoms with Crippen LogP contribution in [0.3, 0.4) is 0 Å². The molecule has 2 saturated carbocycles. The second kappa shape index (κ2) is 5.98. The van der Waals surface area contributed by atoms with E-state index in [0.717, 1.165) is 49.3 Å². The Hall–Kier alpha value is -1.03. The number of aliphatic carboxylic acids is 1. The van der Waals surface area contributed by atoms with Gasteiger partial charge >= 0.3 is 5.97 Å². The van der Waals surface area contributed by atoms with Crippen LogP contribution < -0.4 is 0 Å². The van der Waals surface area contributed by atoms with Crippen molar-refractivity contribution in [3.05, 3.63) is 10.7 Å². The molecule has 4 nitrogen and oxygen atoms in total. The first-order valence-electron chi connectivity index (χ1n) is 10.1. The van der Waals surface area contributed by atoms with E-state index in [0.29, 0.717) is 36.5 Å². The van der Waals surface area contributed by atoms with Crippen molar-refractivity contribution in [3.63, 3.8) is 0 Å². The minimum Gasteiger partial charge on any atom is -0.481 e. The smallest absolute Gasteiger partial charge is 0.303 e. The van der Waals surface area contributed by atoms with Gasteiger partial charge in [0.15, 0.2) is 0 Å². The number of amides is 1. The van der Waals surface area contributed by atoms with E-state index < -0.39 is 5.97 Å². The summed E-state index contributed by atoms with van der Waals surface area (Å²) in [5.41, 5.74) is 1.18. The van der Waals surface area contributed by atoms with E-state index in [4.69, 9.17) is 11.6 Å². The van der Waals surface area contributed by atoms with Gasteiger partial charge in [0.25, 0.3) is 0 Å². The number of hydrogen-bond donors (Lipinski definition) is 1. The maximum Gasteiger partial charge on any atom is 0.303 e. The monoisotopic (exact) mass is 379 g/mol. The molecule has 0 aromatic carbocycles.